The lowest BCUT2D eigenvalue weighted by molar-refractivity contribution is -0.136. The zero-order valence-electron chi connectivity index (χ0n) is 10.6. The molecule has 1 atom stereocenters. The minimum absolute atomic E-state index is 0.0356. The third-order valence-corrected chi connectivity index (χ3v) is 3.49. The molecule has 0 radical (unpaired) electrons. The molecule has 0 bridgehead atoms. The van der Waals surface area contributed by atoms with Crippen molar-refractivity contribution in [3.05, 3.63) is 21.9 Å². The van der Waals surface area contributed by atoms with Gasteiger partial charge in [0.25, 0.3) is 0 Å². The average molecular weight is 273 g/mol. The van der Waals surface area contributed by atoms with E-state index in [0.717, 1.165) is 9.75 Å². The molecule has 1 heterocycles. The summed E-state index contributed by atoms with van der Waals surface area (Å²) in [6, 6.07) is 3.81. The van der Waals surface area contributed by atoms with Crippen molar-refractivity contribution in [2.45, 2.75) is 19.1 Å². The first kappa shape index (κ1) is 15.1. The molecule has 0 spiro atoms. The lowest BCUT2D eigenvalue weighted by atomic mass is 10.3. The van der Waals surface area contributed by atoms with E-state index < -0.39 is 5.97 Å². The molecule has 1 aromatic rings. The maximum absolute atomic E-state index is 10.6. The summed E-state index contributed by atoms with van der Waals surface area (Å²) in [5.74, 6) is -0.795. The molecular formula is C12H19NO4S. The van der Waals surface area contributed by atoms with E-state index in [4.69, 9.17) is 14.6 Å². The molecule has 1 aromatic heterocycles. The van der Waals surface area contributed by atoms with Crippen molar-refractivity contribution in [1.82, 2.24) is 5.32 Å². The molecule has 0 fully saturated rings. The van der Waals surface area contributed by atoms with E-state index in [9.17, 15) is 4.79 Å². The molecule has 1 rings (SSSR count). The molecule has 18 heavy (non-hydrogen) atoms. The van der Waals surface area contributed by atoms with Gasteiger partial charge in [-0.25, -0.2) is 0 Å². The van der Waals surface area contributed by atoms with Gasteiger partial charge in [0.15, 0.2) is 0 Å². The normalized spacial score (nSPS) is 12.6. The van der Waals surface area contributed by atoms with Gasteiger partial charge in [-0.3, -0.25) is 4.79 Å². The van der Waals surface area contributed by atoms with Gasteiger partial charge in [-0.2, -0.15) is 0 Å². The predicted molar refractivity (Wildman–Crippen MR) is 70.0 cm³/mol. The summed E-state index contributed by atoms with van der Waals surface area (Å²) in [5, 5.41) is 11.9. The topological polar surface area (TPSA) is 67.8 Å². The molecule has 0 aliphatic heterocycles. The number of rotatable bonds is 9. The van der Waals surface area contributed by atoms with E-state index in [1.54, 1.807) is 14.2 Å². The van der Waals surface area contributed by atoms with Crippen molar-refractivity contribution in [3.63, 3.8) is 0 Å². The van der Waals surface area contributed by atoms with Gasteiger partial charge in [0.05, 0.1) is 19.1 Å². The minimum atomic E-state index is -0.795. The summed E-state index contributed by atoms with van der Waals surface area (Å²) < 4.78 is 10.2. The van der Waals surface area contributed by atoms with Gasteiger partial charge >= 0.3 is 5.97 Å². The highest BCUT2D eigenvalue weighted by molar-refractivity contribution is 7.12. The lowest BCUT2D eigenvalue weighted by Crippen LogP contribution is -2.31. The maximum atomic E-state index is 10.6. The molecule has 6 heteroatoms. The van der Waals surface area contributed by atoms with E-state index in [0.29, 0.717) is 19.7 Å². The number of carboxylic acids is 1. The summed E-state index contributed by atoms with van der Waals surface area (Å²) >= 11 is 1.52. The number of methoxy groups -OCH3 is 2. The van der Waals surface area contributed by atoms with Crippen LogP contribution in [-0.4, -0.2) is 44.6 Å². The molecule has 102 valence electrons. The van der Waals surface area contributed by atoms with Gasteiger partial charge in [-0.1, -0.05) is 0 Å². The van der Waals surface area contributed by atoms with E-state index in [1.165, 1.54) is 11.3 Å². The summed E-state index contributed by atoms with van der Waals surface area (Å²) in [7, 11) is 3.30. The molecule has 0 aromatic carbocycles. The van der Waals surface area contributed by atoms with Crippen LogP contribution < -0.4 is 5.32 Å². The van der Waals surface area contributed by atoms with Crippen LogP contribution in [0, 0.1) is 0 Å². The number of nitrogens with one attached hydrogen (secondary N) is 1. The van der Waals surface area contributed by atoms with Crippen LogP contribution in [0.1, 0.15) is 9.75 Å². The second-order valence-corrected chi connectivity index (χ2v) is 5.14. The number of carbonyl (C=O) groups is 1. The van der Waals surface area contributed by atoms with E-state index in [1.807, 2.05) is 12.1 Å². The zero-order chi connectivity index (χ0) is 13.4. The second-order valence-electron chi connectivity index (χ2n) is 3.88. The largest absolute Gasteiger partial charge is 0.481 e. The Bertz CT molecular complexity index is 367. The van der Waals surface area contributed by atoms with Gasteiger partial charge < -0.3 is 19.9 Å². The maximum Gasteiger partial charge on any atom is 0.308 e. The molecule has 0 saturated carbocycles. The first-order valence-corrected chi connectivity index (χ1v) is 6.49. The third-order valence-electron chi connectivity index (χ3n) is 2.40. The van der Waals surface area contributed by atoms with Crippen LogP contribution in [0.2, 0.25) is 0 Å². The van der Waals surface area contributed by atoms with Gasteiger partial charge in [0.1, 0.15) is 0 Å². The fourth-order valence-electron chi connectivity index (χ4n) is 1.51. The van der Waals surface area contributed by atoms with E-state index >= 15 is 0 Å². The Labute approximate surface area is 111 Å². The molecule has 0 amide bonds. The molecule has 5 nitrogen and oxygen atoms in total. The highest BCUT2D eigenvalue weighted by Crippen LogP contribution is 2.16. The van der Waals surface area contributed by atoms with Crippen molar-refractivity contribution in [2.75, 3.05) is 27.4 Å². The molecule has 2 N–H and O–H groups in total. The molecule has 1 unspecified atom stereocenters. The van der Waals surface area contributed by atoms with Gasteiger partial charge in [-0.05, 0) is 12.1 Å². The van der Waals surface area contributed by atoms with Crippen molar-refractivity contribution in [3.8, 4) is 0 Å². The average Bonchev–Trinajstić information content (AvgIpc) is 2.74. The molecule has 0 saturated heterocycles. The lowest BCUT2D eigenvalue weighted by Gasteiger charge is -2.14. The number of hydrogen-bond acceptors (Lipinski definition) is 5. The highest BCUT2D eigenvalue weighted by atomic mass is 32.1. The Morgan fingerprint density at radius 1 is 1.44 bits per heavy atom. The highest BCUT2D eigenvalue weighted by Gasteiger charge is 2.07. The molecule has 0 aliphatic carbocycles. The first-order chi connectivity index (χ1) is 8.65. The number of thiophene rings is 1. The predicted octanol–water partition coefficient (Wildman–Crippen LogP) is 1.13. The van der Waals surface area contributed by atoms with Crippen LogP contribution in [0.25, 0.3) is 0 Å². The van der Waals surface area contributed by atoms with Crippen LogP contribution in [0.4, 0.5) is 0 Å². The van der Waals surface area contributed by atoms with Crippen LogP contribution in [0.5, 0.6) is 0 Å². The van der Waals surface area contributed by atoms with E-state index in [-0.39, 0.29) is 12.5 Å². The number of hydrogen-bond donors (Lipinski definition) is 2. The third kappa shape index (κ3) is 5.59. The summed E-state index contributed by atoms with van der Waals surface area (Å²) in [5.41, 5.74) is 0. The smallest absolute Gasteiger partial charge is 0.308 e. The van der Waals surface area contributed by atoms with Gasteiger partial charge in [0.2, 0.25) is 0 Å². The summed E-state index contributed by atoms with van der Waals surface area (Å²) in [4.78, 5) is 12.6. The molecule has 0 aliphatic rings. The van der Waals surface area contributed by atoms with Crippen molar-refractivity contribution in [1.29, 1.82) is 0 Å². The summed E-state index contributed by atoms with van der Waals surface area (Å²) in [6.45, 7) is 1.97. The Morgan fingerprint density at radius 2 is 2.17 bits per heavy atom. The number of ether oxygens (including phenoxy) is 2. The zero-order valence-corrected chi connectivity index (χ0v) is 11.5. The standard InChI is InChI=1S/C12H19NO4S/c1-16-8-9(17-2)6-13-7-11-4-3-10(18-11)5-12(14)15/h3-4,9,13H,5-8H2,1-2H3,(H,14,15). The van der Waals surface area contributed by atoms with Gasteiger partial charge in [-0.15, -0.1) is 11.3 Å². The van der Waals surface area contributed by atoms with Crippen LogP contribution in [0.3, 0.4) is 0 Å². The minimum Gasteiger partial charge on any atom is -0.481 e. The first-order valence-electron chi connectivity index (χ1n) is 5.67. The van der Waals surface area contributed by atoms with Crippen LogP contribution in [0.15, 0.2) is 12.1 Å². The Morgan fingerprint density at radius 3 is 2.78 bits per heavy atom. The van der Waals surface area contributed by atoms with Crippen molar-refractivity contribution in [2.24, 2.45) is 0 Å². The number of aliphatic carboxylic acids is 1. The Balaban J connectivity index is 2.30. The number of carboxylic acid groups (broad SMARTS) is 1. The SMILES string of the molecule is COCC(CNCc1ccc(CC(=O)O)s1)OC. The fourth-order valence-corrected chi connectivity index (χ4v) is 2.49. The van der Waals surface area contributed by atoms with Crippen molar-refractivity contribution >= 4 is 17.3 Å². The molecular weight excluding hydrogens is 254 g/mol. The van der Waals surface area contributed by atoms with Crippen LogP contribution >= 0.6 is 11.3 Å². The van der Waals surface area contributed by atoms with Crippen LogP contribution in [-0.2, 0) is 27.2 Å². The second kappa shape index (κ2) is 8.20. The monoisotopic (exact) mass is 273 g/mol. The Hall–Kier alpha value is -0.950. The van der Waals surface area contributed by atoms with Crippen molar-refractivity contribution < 1.29 is 19.4 Å². The Kier molecular flexibility index (Phi) is 6.89. The van der Waals surface area contributed by atoms with Gasteiger partial charge in [0, 0.05) is 37.1 Å². The quantitative estimate of drug-likeness (QED) is 0.706. The summed E-state index contributed by atoms with van der Waals surface area (Å²) in [6.07, 6.45) is 0.128. The van der Waals surface area contributed by atoms with E-state index in [2.05, 4.69) is 5.32 Å². The fraction of sp³-hybridized carbons (Fsp3) is 0.583.